The maximum Gasteiger partial charge on any atom is 0.255 e. The van der Waals surface area contributed by atoms with E-state index in [9.17, 15) is 19.2 Å². The topological polar surface area (TPSA) is 132 Å². The number of hydrogen-bond acceptors (Lipinski definition) is 9. The van der Waals surface area contributed by atoms with Gasteiger partial charge in [-0.1, -0.05) is 45.4 Å². The second-order valence-corrected chi connectivity index (χ2v) is 17.1. The number of hydrogen-bond donors (Lipinski definition) is 2. The van der Waals surface area contributed by atoms with Crippen LogP contribution >= 0.6 is 11.6 Å². The van der Waals surface area contributed by atoms with Gasteiger partial charge >= 0.3 is 0 Å². The molecule has 1 aliphatic carbocycles. The molecular formula is C44H51ClN8O5. The van der Waals surface area contributed by atoms with Crippen molar-refractivity contribution < 1.29 is 34.9 Å². The van der Waals surface area contributed by atoms with Crippen molar-refractivity contribution in [3.63, 3.8) is 0 Å². The molecule has 58 heavy (non-hydrogen) atoms. The molecule has 5 heterocycles. The molecule has 5 aliphatic rings. The fourth-order valence-electron chi connectivity index (χ4n) is 9.31. The molecule has 13 nitrogen and oxygen atoms in total. The van der Waals surface area contributed by atoms with Gasteiger partial charge in [0.25, 0.3) is 11.8 Å². The molecule has 3 aromatic rings. The van der Waals surface area contributed by atoms with Crippen molar-refractivity contribution in [2.45, 2.75) is 78.1 Å². The zero-order valence-electron chi connectivity index (χ0n) is 40.8. The molecule has 4 aliphatic heterocycles. The molecule has 2 aromatic carbocycles. The Hall–Kier alpha value is -5.19. The second kappa shape index (κ2) is 15.5. The summed E-state index contributed by atoms with van der Waals surface area (Å²) >= 11 is 6.25. The number of rotatable bonds is 9. The number of piperidine rings is 2. The number of imide groups is 1. The van der Waals surface area contributed by atoms with Crippen LogP contribution < -0.4 is 25.2 Å². The SMILES string of the molecule is [2H]C1([2H])N(CC2CCN(c3ccc(C(=O)NC4C(C)(C)C(Oc5ccc([N+]#[C-])c(Cl)c5)C4(C)C)cn3)CC2)C([2H])([2H])C([2H])([2H])N(c2ccc3c(c2)CN(C2CCC(=O)NC2=O)C3=O)C1([2H])[2H]. The van der Waals surface area contributed by atoms with Crippen LogP contribution in [0.3, 0.4) is 0 Å². The number of nitrogens with zero attached hydrogens (tertiary/aromatic N) is 6. The lowest BCUT2D eigenvalue weighted by Crippen LogP contribution is -2.74. The van der Waals surface area contributed by atoms with E-state index in [1.54, 1.807) is 30.3 Å². The normalized spacial score (nSPS) is 30.0. The maximum absolute atomic E-state index is 13.6. The summed E-state index contributed by atoms with van der Waals surface area (Å²) in [4.78, 5) is 63.6. The lowest BCUT2D eigenvalue weighted by atomic mass is 9.49. The molecule has 3 saturated heterocycles. The van der Waals surface area contributed by atoms with Gasteiger partial charge in [0.2, 0.25) is 17.5 Å². The molecule has 1 atom stereocenters. The van der Waals surface area contributed by atoms with Crippen LogP contribution in [0.15, 0.2) is 54.7 Å². The first-order valence-electron chi connectivity index (χ1n) is 23.5. The van der Waals surface area contributed by atoms with E-state index in [2.05, 4.69) is 20.5 Å². The molecule has 304 valence electrons. The number of nitrogens with one attached hydrogen (secondary N) is 2. The number of carbonyl (C=O) groups is 4. The highest BCUT2D eigenvalue weighted by Gasteiger charge is 2.64. The van der Waals surface area contributed by atoms with Crippen LogP contribution in [0, 0.1) is 23.3 Å². The minimum absolute atomic E-state index is 0.0435. The number of ether oxygens (including phenoxy) is 1. The predicted molar refractivity (Wildman–Crippen MR) is 221 cm³/mol. The third-order valence-corrected chi connectivity index (χ3v) is 12.5. The van der Waals surface area contributed by atoms with Crippen molar-refractivity contribution >= 4 is 52.4 Å². The number of piperazine rings is 1. The van der Waals surface area contributed by atoms with Gasteiger partial charge in [-0.05, 0) is 73.2 Å². The zero-order valence-corrected chi connectivity index (χ0v) is 33.5. The van der Waals surface area contributed by atoms with E-state index in [0.29, 0.717) is 69.1 Å². The quantitative estimate of drug-likeness (QED) is 0.207. The number of halogens is 1. The van der Waals surface area contributed by atoms with Gasteiger partial charge in [0, 0.05) is 98.4 Å². The molecule has 0 bridgehead atoms. The molecule has 4 amide bonds. The number of benzene rings is 2. The van der Waals surface area contributed by atoms with E-state index in [0.717, 1.165) is 0 Å². The number of pyridine rings is 1. The van der Waals surface area contributed by atoms with Crippen molar-refractivity contribution in [3.05, 3.63) is 87.9 Å². The minimum Gasteiger partial charge on any atom is -0.489 e. The van der Waals surface area contributed by atoms with E-state index in [1.165, 1.54) is 29.3 Å². The van der Waals surface area contributed by atoms with Gasteiger partial charge in [0.05, 0.1) is 22.6 Å². The first-order chi connectivity index (χ1) is 30.7. The third kappa shape index (κ3) is 7.48. The summed E-state index contributed by atoms with van der Waals surface area (Å²) in [6, 6.07) is 11.1. The minimum atomic E-state index is -3.12. The summed E-state index contributed by atoms with van der Waals surface area (Å²) < 4.78 is 79.0. The standard InChI is InChI=1S/C44H51ClN8O5/c1-43(2)41(44(3,4)42(43)58-31-8-10-34(46-5)33(45)23-31)49-38(55)28-6-12-36(47-24-28)52-16-14-27(15-17-52)25-50-18-20-51(21-19-50)30-7-9-32-29(22-30)26-53(40(32)57)35-11-13-37(54)48-39(35)56/h6-10,12,22-24,27,35,41-42H,11,13-21,25-26H2,1-4H3,(H,49,55)(H,48,54,56)/i18D2,19D2,20D2,21D2. The van der Waals surface area contributed by atoms with Crippen LogP contribution in [0.2, 0.25) is 5.02 Å². The fourth-order valence-corrected chi connectivity index (χ4v) is 9.52. The second-order valence-electron chi connectivity index (χ2n) is 16.7. The van der Waals surface area contributed by atoms with E-state index in [1.807, 2.05) is 32.6 Å². The summed E-state index contributed by atoms with van der Waals surface area (Å²) in [5.74, 6) is -1.06. The molecule has 4 fully saturated rings. The Kier molecular flexibility index (Phi) is 8.25. The number of fused-ring (bicyclic) bond motifs is 1. The van der Waals surface area contributed by atoms with E-state index < -0.39 is 60.6 Å². The smallest absolute Gasteiger partial charge is 0.255 e. The van der Waals surface area contributed by atoms with Crippen molar-refractivity contribution in [1.29, 1.82) is 0 Å². The van der Waals surface area contributed by atoms with Crippen molar-refractivity contribution in [1.82, 2.24) is 25.4 Å². The predicted octanol–water partition coefficient (Wildman–Crippen LogP) is 5.70. The molecule has 14 heteroatoms. The molecular weight excluding hydrogens is 756 g/mol. The first kappa shape index (κ1) is 30.8. The fraction of sp³-hybridized carbons (Fsp3) is 0.500. The number of carbonyl (C=O) groups excluding carboxylic acids is 4. The average molecular weight is 815 g/mol. The van der Waals surface area contributed by atoms with E-state index in [-0.39, 0.29) is 61.2 Å². The summed E-state index contributed by atoms with van der Waals surface area (Å²) in [6.45, 7) is 3.47. The highest BCUT2D eigenvalue weighted by Crippen LogP contribution is 2.55. The van der Waals surface area contributed by atoms with Crippen LogP contribution in [-0.2, 0) is 16.1 Å². The zero-order chi connectivity index (χ0) is 48.1. The maximum atomic E-state index is 13.6. The summed E-state index contributed by atoms with van der Waals surface area (Å²) in [5.41, 5.74) is 0.104. The number of amides is 4. The highest BCUT2D eigenvalue weighted by molar-refractivity contribution is 6.33. The Morgan fingerprint density at radius 3 is 2.40 bits per heavy atom. The first-order valence-corrected chi connectivity index (χ1v) is 19.8. The van der Waals surface area contributed by atoms with Gasteiger partial charge in [-0.2, -0.15) is 0 Å². The lowest BCUT2D eigenvalue weighted by Gasteiger charge is -2.63. The molecule has 8 rings (SSSR count). The Labute approximate surface area is 356 Å². The van der Waals surface area contributed by atoms with Crippen LogP contribution in [0.1, 0.15) is 90.6 Å². The summed E-state index contributed by atoms with van der Waals surface area (Å²) in [6.07, 6.45) is 2.27. The summed E-state index contributed by atoms with van der Waals surface area (Å²) in [5, 5.41) is 5.70. The van der Waals surface area contributed by atoms with Gasteiger partial charge in [-0.15, -0.1) is 0 Å². The van der Waals surface area contributed by atoms with Gasteiger partial charge in [-0.25, -0.2) is 9.83 Å². The number of aromatic nitrogens is 1. The highest BCUT2D eigenvalue weighted by atomic mass is 35.5. The average Bonchev–Trinajstić information content (AvgIpc) is 3.57. The molecule has 2 N–H and O–H groups in total. The van der Waals surface area contributed by atoms with Crippen LogP contribution in [0.5, 0.6) is 5.75 Å². The Morgan fingerprint density at radius 1 is 1.00 bits per heavy atom. The molecule has 0 radical (unpaired) electrons. The van der Waals surface area contributed by atoms with Crippen LogP contribution in [0.25, 0.3) is 4.85 Å². The van der Waals surface area contributed by atoms with E-state index >= 15 is 0 Å². The van der Waals surface area contributed by atoms with Gasteiger partial charge in [0.1, 0.15) is 23.7 Å². The van der Waals surface area contributed by atoms with Crippen LogP contribution in [0.4, 0.5) is 17.2 Å². The molecule has 0 spiro atoms. The molecule has 1 saturated carbocycles. The Bertz CT molecular complexity index is 2490. The van der Waals surface area contributed by atoms with E-state index in [4.69, 9.17) is 33.9 Å². The molecule has 1 aromatic heterocycles. The third-order valence-electron chi connectivity index (χ3n) is 12.2. The van der Waals surface area contributed by atoms with Gasteiger partial charge in [-0.3, -0.25) is 29.4 Å². The van der Waals surface area contributed by atoms with Crippen LogP contribution in [-0.4, -0.2) is 102 Å². The van der Waals surface area contributed by atoms with Gasteiger partial charge in [0.15, 0.2) is 0 Å². The molecule has 1 unspecified atom stereocenters. The van der Waals surface area contributed by atoms with Crippen molar-refractivity contribution in [2.75, 3.05) is 55.4 Å². The monoisotopic (exact) mass is 814 g/mol. The summed E-state index contributed by atoms with van der Waals surface area (Å²) in [7, 11) is 0. The Balaban J connectivity index is 0.896. The van der Waals surface area contributed by atoms with Crippen molar-refractivity contribution in [2.24, 2.45) is 16.7 Å². The lowest BCUT2D eigenvalue weighted by molar-refractivity contribution is -0.164. The van der Waals surface area contributed by atoms with Crippen molar-refractivity contribution in [3.8, 4) is 5.75 Å². The Morgan fingerprint density at radius 2 is 1.74 bits per heavy atom. The van der Waals surface area contributed by atoms with Gasteiger partial charge < -0.3 is 24.8 Å². The number of anilines is 2. The largest absolute Gasteiger partial charge is 0.489 e.